The molecule has 43 heavy (non-hydrogen) atoms. The first-order valence-electron chi connectivity index (χ1n) is 15.5. The lowest BCUT2D eigenvalue weighted by atomic mass is 9.65. The molecule has 5 aromatic carbocycles. The molecule has 0 radical (unpaired) electrons. The summed E-state index contributed by atoms with van der Waals surface area (Å²) < 4.78 is 13.1. The van der Waals surface area contributed by atoms with Gasteiger partial charge in [0.2, 0.25) is 0 Å². The molecule has 212 valence electrons. The van der Waals surface area contributed by atoms with Crippen molar-refractivity contribution in [1.29, 1.82) is 0 Å². The van der Waals surface area contributed by atoms with Gasteiger partial charge in [-0.3, -0.25) is 0 Å². The third kappa shape index (κ3) is 3.50. The van der Waals surface area contributed by atoms with Crippen molar-refractivity contribution >= 4 is 12.6 Å². The molecule has 1 fully saturated rings. The average molecular weight is 561 g/mol. The standard InChI is InChI=1S/C40H37BO2/c1-37(2)33-18-12-10-16-29(33)31-22-20-27(24-35(31)37)40(26-14-8-7-9-15-26)34-19-13-11-17-30(34)32-23-21-28(25-36(32)40)41-42-38(3,4)39(5,6)43-41/h7-25H,1-6H3. The minimum atomic E-state index is -0.493. The van der Waals surface area contributed by atoms with Gasteiger partial charge in [-0.15, -0.1) is 0 Å². The van der Waals surface area contributed by atoms with E-state index >= 15 is 0 Å². The summed E-state index contributed by atoms with van der Waals surface area (Å²) in [5, 5.41) is 0. The van der Waals surface area contributed by atoms with Crippen LogP contribution in [0, 0.1) is 0 Å². The summed E-state index contributed by atoms with van der Waals surface area (Å²) in [5.41, 5.74) is 12.8. The molecule has 0 amide bonds. The fraction of sp³-hybridized carbons (Fsp3) is 0.250. The molecule has 2 aliphatic carbocycles. The fourth-order valence-electron chi connectivity index (χ4n) is 7.84. The molecule has 1 heterocycles. The zero-order valence-corrected chi connectivity index (χ0v) is 25.9. The molecule has 0 aromatic heterocycles. The van der Waals surface area contributed by atoms with Crippen LogP contribution in [0.3, 0.4) is 0 Å². The van der Waals surface area contributed by atoms with Crippen LogP contribution in [0.1, 0.15) is 74.9 Å². The summed E-state index contributed by atoms with van der Waals surface area (Å²) in [5.74, 6) is 0. The fourth-order valence-corrected chi connectivity index (χ4v) is 7.84. The van der Waals surface area contributed by atoms with Gasteiger partial charge < -0.3 is 9.31 Å². The Morgan fingerprint density at radius 2 is 0.977 bits per heavy atom. The van der Waals surface area contributed by atoms with E-state index in [4.69, 9.17) is 9.31 Å². The minimum absolute atomic E-state index is 0.0920. The van der Waals surface area contributed by atoms with E-state index in [9.17, 15) is 0 Å². The monoisotopic (exact) mass is 560 g/mol. The second kappa shape index (κ2) is 8.81. The first-order valence-corrected chi connectivity index (χ1v) is 15.5. The molecular formula is C40H37BO2. The Hall–Kier alpha value is -3.92. The van der Waals surface area contributed by atoms with E-state index in [1.165, 1.54) is 55.6 Å². The topological polar surface area (TPSA) is 18.5 Å². The zero-order valence-electron chi connectivity index (χ0n) is 25.9. The molecule has 2 nitrogen and oxygen atoms in total. The SMILES string of the molecule is CC1(C)c2ccccc2-c2ccc(C3(c4ccccc4)c4ccccc4-c4ccc(B5OC(C)(C)C(C)(C)O5)cc43)cc21. The molecule has 1 aliphatic heterocycles. The highest BCUT2D eigenvalue weighted by atomic mass is 16.7. The van der Waals surface area contributed by atoms with Crippen molar-refractivity contribution in [1.82, 2.24) is 0 Å². The van der Waals surface area contributed by atoms with Gasteiger partial charge in [0.05, 0.1) is 16.6 Å². The van der Waals surface area contributed by atoms with Gasteiger partial charge in [0.1, 0.15) is 0 Å². The van der Waals surface area contributed by atoms with Gasteiger partial charge in [-0.1, -0.05) is 129 Å². The van der Waals surface area contributed by atoms with Gasteiger partial charge in [-0.05, 0) is 88.8 Å². The lowest BCUT2D eigenvalue weighted by Gasteiger charge is -2.35. The van der Waals surface area contributed by atoms with Crippen LogP contribution in [0.5, 0.6) is 0 Å². The third-order valence-electron chi connectivity index (χ3n) is 10.8. The summed E-state index contributed by atoms with van der Waals surface area (Å²) >= 11 is 0. The second-order valence-electron chi connectivity index (χ2n) is 14.0. The Kier molecular flexibility index (Phi) is 5.47. The Labute approximate surface area is 255 Å². The number of hydrogen-bond donors (Lipinski definition) is 0. The van der Waals surface area contributed by atoms with Gasteiger partial charge in [-0.25, -0.2) is 0 Å². The maximum atomic E-state index is 6.57. The molecular weight excluding hydrogens is 523 g/mol. The Bertz CT molecular complexity index is 1900. The van der Waals surface area contributed by atoms with Crippen LogP contribution < -0.4 is 5.46 Å². The Morgan fingerprint density at radius 1 is 0.442 bits per heavy atom. The Morgan fingerprint density at radius 3 is 1.67 bits per heavy atom. The van der Waals surface area contributed by atoms with Crippen LogP contribution in [0.2, 0.25) is 0 Å². The molecule has 0 bridgehead atoms. The van der Waals surface area contributed by atoms with E-state index in [-0.39, 0.29) is 5.41 Å². The molecule has 3 aliphatic rings. The van der Waals surface area contributed by atoms with Crippen molar-refractivity contribution in [2.24, 2.45) is 0 Å². The highest BCUT2D eigenvalue weighted by Crippen LogP contribution is 2.58. The van der Waals surface area contributed by atoms with Crippen molar-refractivity contribution in [3.8, 4) is 22.3 Å². The summed E-state index contributed by atoms with van der Waals surface area (Å²) in [4.78, 5) is 0. The Balaban J connectivity index is 1.41. The van der Waals surface area contributed by atoms with Gasteiger partial charge in [0.15, 0.2) is 0 Å². The largest absolute Gasteiger partial charge is 0.494 e. The maximum Gasteiger partial charge on any atom is 0.494 e. The number of benzene rings is 5. The minimum Gasteiger partial charge on any atom is -0.399 e. The molecule has 3 heteroatoms. The number of hydrogen-bond acceptors (Lipinski definition) is 2. The van der Waals surface area contributed by atoms with Crippen LogP contribution in [-0.4, -0.2) is 18.3 Å². The molecule has 0 saturated carbocycles. The van der Waals surface area contributed by atoms with E-state index in [0.29, 0.717) is 0 Å². The average Bonchev–Trinajstić information content (AvgIpc) is 3.52. The van der Waals surface area contributed by atoms with E-state index in [1.54, 1.807) is 0 Å². The van der Waals surface area contributed by atoms with E-state index < -0.39 is 23.7 Å². The molecule has 8 rings (SSSR count). The normalized spacial score (nSPS) is 21.7. The van der Waals surface area contributed by atoms with Crippen molar-refractivity contribution in [3.05, 3.63) is 149 Å². The number of fused-ring (bicyclic) bond motifs is 6. The molecule has 1 saturated heterocycles. The van der Waals surface area contributed by atoms with Crippen molar-refractivity contribution in [2.75, 3.05) is 0 Å². The zero-order chi connectivity index (χ0) is 29.8. The summed E-state index contributed by atoms with van der Waals surface area (Å²) in [6, 6.07) is 42.9. The van der Waals surface area contributed by atoms with E-state index in [2.05, 4.69) is 157 Å². The molecule has 5 aromatic rings. The van der Waals surface area contributed by atoms with Gasteiger partial charge >= 0.3 is 7.12 Å². The highest BCUT2D eigenvalue weighted by molar-refractivity contribution is 6.62. The molecule has 1 unspecified atom stereocenters. The maximum absolute atomic E-state index is 6.57. The lowest BCUT2D eigenvalue weighted by Crippen LogP contribution is -2.41. The smallest absolute Gasteiger partial charge is 0.399 e. The van der Waals surface area contributed by atoms with Crippen molar-refractivity contribution < 1.29 is 9.31 Å². The predicted molar refractivity (Wildman–Crippen MR) is 177 cm³/mol. The van der Waals surface area contributed by atoms with Crippen LogP contribution in [0.4, 0.5) is 0 Å². The first-order chi connectivity index (χ1) is 20.6. The van der Waals surface area contributed by atoms with Crippen LogP contribution >= 0.6 is 0 Å². The van der Waals surface area contributed by atoms with Crippen LogP contribution in [-0.2, 0) is 20.1 Å². The van der Waals surface area contributed by atoms with Gasteiger partial charge in [-0.2, -0.15) is 0 Å². The molecule has 0 spiro atoms. The second-order valence-corrected chi connectivity index (χ2v) is 14.0. The van der Waals surface area contributed by atoms with Crippen molar-refractivity contribution in [3.63, 3.8) is 0 Å². The molecule has 0 N–H and O–H groups in total. The first kappa shape index (κ1) is 26.7. The summed E-state index contributed by atoms with van der Waals surface area (Å²) in [6.07, 6.45) is 0. The number of rotatable bonds is 3. The van der Waals surface area contributed by atoms with E-state index in [1.807, 2.05) is 0 Å². The quantitative estimate of drug-likeness (QED) is 0.202. The summed E-state index contributed by atoms with van der Waals surface area (Å²) in [7, 11) is -0.430. The van der Waals surface area contributed by atoms with E-state index in [0.717, 1.165) is 5.46 Å². The molecule has 1 atom stereocenters. The predicted octanol–water partition coefficient (Wildman–Crippen LogP) is 8.66. The third-order valence-corrected chi connectivity index (χ3v) is 10.8. The summed E-state index contributed by atoms with van der Waals surface area (Å²) in [6.45, 7) is 13.2. The van der Waals surface area contributed by atoms with Crippen molar-refractivity contribution in [2.45, 2.75) is 63.6 Å². The van der Waals surface area contributed by atoms with Gasteiger partial charge in [0, 0.05) is 5.41 Å². The van der Waals surface area contributed by atoms with Crippen LogP contribution in [0.25, 0.3) is 22.3 Å². The highest BCUT2D eigenvalue weighted by Gasteiger charge is 2.53. The van der Waals surface area contributed by atoms with Gasteiger partial charge in [0.25, 0.3) is 0 Å². The van der Waals surface area contributed by atoms with Crippen LogP contribution in [0.15, 0.2) is 115 Å². The lowest BCUT2D eigenvalue weighted by molar-refractivity contribution is 0.00578.